The number of nitrogens with zero attached hydrogens (tertiary/aromatic N) is 1. The van der Waals surface area contributed by atoms with E-state index in [-0.39, 0.29) is 0 Å². The van der Waals surface area contributed by atoms with E-state index >= 15 is 0 Å². The van der Waals surface area contributed by atoms with Gasteiger partial charge >= 0.3 is 0 Å². The van der Waals surface area contributed by atoms with Gasteiger partial charge in [-0.1, -0.05) is 38.5 Å². The van der Waals surface area contributed by atoms with Crippen molar-refractivity contribution in [2.45, 2.75) is 76.2 Å². The average Bonchev–Trinajstić information content (AvgIpc) is 2.97. The van der Waals surface area contributed by atoms with Crippen LogP contribution < -0.4 is 0 Å². The zero-order chi connectivity index (χ0) is 14.0. The van der Waals surface area contributed by atoms with Gasteiger partial charge in [0.2, 0.25) is 5.91 Å². The Labute approximate surface area is 122 Å². The van der Waals surface area contributed by atoms with Crippen molar-refractivity contribution in [3.63, 3.8) is 0 Å². The Balaban J connectivity index is 1.49. The first kappa shape index (κ1) is 14.4. The van der Waals surface area contributed by atoms with Gasteiger partial charge in [0, 0.05) is 25.4 Å². The van der Waals surface area contributed by atoms with Crippen LogP contribution in [0.2, 0.25) is 0 Å². The number of carbonyl (C=O) groups is 1. The molecule has 0 aromatic rings. The summed E-state index contributed by atoms with van der Waals surface area (Å²) in [5.74, 6) is 1.47. The molecule has 3 fully saturated rings. The van der Waals surface area contributed by atoms with Gasteiger partial charge in [-0.3, -0.25) is 4.79 Å². The van der Waals surface area contributed by atoms with Gasteiger partial charge < -0.3 is 10.0 Å². The van der Waals surface area contributed by atoms with E-state index in [1.165, 1.54) is 32.1 Å². The molecule has 1 aliphatic heterocycles. The lowest BCUT2D eigenvalue weighted by atomic mass is 9.71. The Bertz CT molecular complexity index is 351. The third-order valence-corrected chi connectivity index (χ3v) is 6.02. The number of carbonyl (C=O) groups excluding carboxylic acids is 1. The highest BCUT2D eigenvalue weighted by atomic mass is 16.3. The van der Waals surface area contributed by atoms with Gasteiger partial charge in [0.25, 0.3) is 0 Å². The number of hydrogen-bond acceptors (Lipinski definition) is 2. The van der Waals surface area contributed by atoms with Crippen molar-refractivity contribution in [1.29, 1.82) is 0 Å². The molecule has 1 amide bonds. The van der Waals surface area contributed by atoms with Gasteiger partial charge in [0.15, 0.2) is 0 Å². The van der Waals surface area contributed by atoms with E-state index in [1.54, 1.807) is 0 Å². The number of hydrogen-bond donors (Lipinski definition) is 1. The lowest BCUT2D eigenvalue weighted by Gasteiger charge is -2.47. The van der Waals surface area contributed by atoms with Crippen LogP contribution in [0.1, 0.15) is 70.6 Å². The van der Waals surface area contributed by atoms with Crippen LogP contribution in [0.15, 0.2) is 0 Å². The molecule has 114 valence electrons. The standard InChI is InChI=1S/C17H29NO2/c19-16(9-8-14-5-1-2-6-14)18-12-11-17(20)10-4-3-7-15(17)13-18/h14-15,20H,1-13H2. The minimum Gasteiger partial charge on any atom is -0.389 e. The van der Waals surface area contributed by atoms with Crippen molar-refractivity contribution in [1.82, 2.24) is 4.90 Å². The van der Waals surface area contributed by atoms with Crippen molar-refractivity contribution in [3.8, 4) is 0 Å². The minimum atomic E-state index is -0.458. The van der Waals surface area contributed by atoms with E-state index in [0.29, 0.717) is 11.8 Å². The first-order chi connectivity index (χ1) is 9.67. The first-order valence-electron chi connectivity index (χ1n) is 8.67. The molecule has 2 unspecified atom stereocenters. The third kappa shape index (κ3) is 3.03. The second kappa shape index (κ2) is 6.05. The summed E-state index contributed by atoms with van der Waals surface area (Å²) in [4.78, 5) is 14.4. The largest absolute Gasteiger partial charge is 0.389 e. The quantitative estimate of drug-likeness (QED) is 0.862. The average molecular weight is 279 g/mol. The smallest absolute Gasteiger partial charge is 0.222 e. The van der Waals surface area contributed by atoms with Gasteiger partial charge in [-0.2, -0.15) is 0 Å². The number of piperidine rings is 1. The fourth-order valence-corrected chi connectivity index (χ4v) is 4.58. The Morgan fingerprint density at radius 2 is 1.85 bits per heavy atom. The fraction of sp³-hybridized carbons (Fsp3) is 0.941. The molecule has 1 saturated heterocycles. The maximum Gasteiger partial charge on any atom is 0.222 e. The topological polar surface area (TPSA) is 40.5 Å². The van der Waals surface area contributed by atoms with Crippen LogP contribution in [-0.2, 0) is 4.79 Å². The Kier molecular flexibility index (Phi) is 4.34. The molecular formula is C17H29NO2. The summed E-state index contributed by atoms with van der Waals surface area (Å²) >= 11 is 0. The second-order valence-corrected chi connectivity index (χ2v) is 7.33. The van der Waals surface area contributed by atoms with Crippen molar-refractivity contribution in [2.24, 2.45) is 11.8 Å². The lowest BCUT2D eigenvalue weighted by molar-refractivity contribution is -0.143. The van der Waals surface area contributed by atoms with E-state index in [1.807, 2.05) is 4.90 Å². The number of aliphatic hydroxyl groups is 1. The maximum atomic E-state index is 12.4. The van der Waals surface area contributed by atoms with E-state index in [9.17, 15) is 9.90 Å². The molecule has 0 aromatic carbocycles. The number of rotatable bonds is 3. The summed E-state index contributed by atoms with van der Waals surface area (Å²) in [5.41, 5.74) is -0.458. The van der Waals surface area contributed by atoms with Crippen LogP contribution in [-0.4, -0.2) is 34.6 Å². The normalized spacial score (nSPS) is 35.0. The molecule has 0 radical (unpaired) electrons. The maximum absolute atomic E-state index is 12.4. The van der Waals surface area contributed by atoms with Gasteiger partial charge in [0.1, 0.15) is 0 Å². The zero-order valence-electron chi connectivity index (χ0n) is 12.6. The van der Waals surface area contributed by atoms with Crippen LogP contribution in [0.3, 0.4) is 0 Å². The molecule has 3 heteroatoms. The molecule has 2 atom stereocenters. The monoisotopic (exact) mass is 279 g/mol. The predicted molar refractivity (Wildman–Crippen MR) is 79.3 cm³/mol. The summed E-state index contributed by atoms with van der Waals surface area (Å²) in [6, 6.07) is 0. The Morgan fingerprint density at radius 3 is 2.65 bits per heavy atom. The highest BCUT2D eigenvalue weighted by Gasteiger charge is 2.43. The van der Waals surface area contributed by atoms with E-state index in [0.717, 1.165) is 57.5 Å². The summed E-state index contributed by atoms with van der Waals surface area (Å²) in [6.45, 7) is 1.58. The summed E-state index contributed by atoms with van der Waals surface area (Å²) in [6.07, 6.45) is 12.4. The van der Waals surface area contributed by atoms with Crippen molar-refractivity contribution < 1.29 is 9.90 Å². The first-order valence-corrected chi connectivity index (χ1v) is 8.67. The predicted octanol–water partition coefficient (Wildman–Crippen LogP) is 3.11. The van der Waals surface area contributed by atoms with Gasteiger partial charge in [-0.25, -0.2) is 0 Å². The van der Waals surface area contributed by atoms with Crippen molar-refractivity contribution in [3.05, 3.63) is 0 Å². The molecule has 3 rings (SSSR count). The lowest BCUT2D eigenvalue weighted by Crippen LogP contribution is -2.54. The van der Waals surface area contributed by atoms with Crippen molar-refractivity contribution >= 4 is 5.91 Å². The highest BCUT2D eigenvalue weighted by Crippen LogP contribution is 2.40. The molecule has 0 bridgehead atoms. The molecule has 0 spiro atoms. The van der Waals surface area contributed by atoms with E-state index in [2.05, 4.69) is 0 Å². The molecule has 2 saturated carbocycles. The third-order valence-electron chi connectivity index (χ3n) is 6.02. The SMILES string of the molecule is O=C(CCC1CCCC1)N1CCC2(O)CCCCC2C1. The van der Waals surface area contributed by atoms with Crippen LogP contribution in [0.5, 0.6) is 0 Å². The number of amides is 1. The zero-order valence-corrected chi connectivity index (χ0v) is 12.6. The molecule has 3 aliphatic rings. The number of fused-ring (bicyclic) bond motifs is 1. The molecule has 1 heterocycles. The molecule has 1 N–H and O–H groups in total. The molecule has 20 heavy (non-hydrogen) atoms. The van der Waals surface area contributed by atoms with Crippen LogP contribution in [0, 0.1) is 11.8 Å². The summed E-state index contributed by atoms with van der Waals surface area (Å²) in [7, 11) is 0. The van der Waals surface area contributed by atoms with Gasteiger partial charge in [0.05, 0.1) is 5.60 Å². The van der Waals surface area contributed by atoms with Crippen LogP contribution >= 0.6 is 0 Å². The fourth-order valence-electron chi connectivity index (χ4n) is 4.58. The van der Waals surface area contributed by atoms with E-state index in [4.69, 9.17) is 0 Å². The van der Waals surface area contributed by atoms with Crippen molar-refractivity contribution in [2.75, 3.05) is 13.1 Å². The van der Waals surface area contributed by atoms with Gasteiger partial charge in [-0.05, 0) is 31.6 Å². The molecule has 0 aromatic heterocycles. The summed E-state index contributed by atoms with van der Waals surface area (Å²) < 4.78 is 0. The number of likely N-dealkylation sites (tertiary alicyclic amines) is 1. The second-order valence-electron chi connectivity index (χ2n) is 7.33. The minimum absolute atomic E-state index is 0.334. The highest BCUT2D eigenvalue weighted by molar-refractivity contribution is 5.76. The molecule has 3 nitrogen and oxygen atoms in total. The molecular weight excluding hydrogens is 250 g/mol. The Morgan fingerprint density at radius 1 is 1.10 bits per heavy atom. The van der Waals surface area contributed by atoms with Gasteiger partial charge in [-0.15, -0.1) is 0 Å². The van der Waals surface area contributed by atoms with E-state index < -0.39 is 5.60 Å². The Hall–Kier alpha value is -0.570. The molecule has 2 aliphatic carbocycles. The van der Waals surface area contributed by atoms with Crippen LogP contribution in [0.4, 0.5) is 0 Å². The summed E-state index contributed by atoms with van der Waals surface area (Å²) in [5, 5.41) is 10.7. The van der Waals surface area contributed by atoms with Crippen LogP contribution in [0.25, 0.3) is 0 Å².